The zero-order valence-corrected chi connectivity index (χ0v) is 20.8. The first-order valence-electron chi connectivity index (χ1n) is 11.1. The van der Waals surface area contributed by atoms with Gasteiger partial charge in [-0.2, -0.15) is 5.10 Å². The zero-order valence-electron chi connectivity index (χ0n) is 18.6. The van der Waals surface area contributed by atoms with Crippen molar-refractivity contribution in [1.29, 1.82) is 0 Å². The molecule has 180 valence electrons. The van der Waals surface area contributed by atoms with E-state index in [4.69, 9.17) is 14.2 Å². The first-order valence-corrected chi connectivity index (χ1v) is 12.2. The number of hydrazone groups is 1. The Morgan fingerprint density at radius 2 is 2.00 bits per heavy atom. The van der Waals surface area contributed by atoms with E-state index in [1.165, 1.54) is 6.21 Å². The fourth-order valence-corrected chi connectivity index (χ4v) is 4.35. The number of carbonyl (C=O) groups excluding carboxylic acids is 3. The highest BCUT2D eigenvalue weighted by Crippen LogP contribution is 2.34. The summed E-state index contributed by atoms with van der Waals surface area (Å²) in [7, 11) is 0. The van der Waals surface area contributed by atoms with Crippen molar-refractivity contribution in [3.63, 3.8) is 0 Å². The molecule has 11 heteroatoms. The van der Waals surface area contributed by atoms with Crippen LogP contribution in [0, 0.1) is 3.57 Å². The molecule has 2 heterocycles. The molecule has 1 atom stereocenters. The Balaban J connectivity index is 1.55. The molecule has 1 aromatic carbocycles. The Labute approximate surface area is 206 Å². The van der Waals surface area contributed by atoms with Gasteiger partial charge in [0.25, 0.3) is 5.91 Å². The van der Waals surface area contributed by atoms with Crippen molar-refractivity contribution < 1.29 is 28.6 Å². The van der Waals surface area contributed by atoms with Gasteiger partial charge in [0.05, 0.1) is 22.5 Å². The van der Waals surface area contributed by atoms with Crippen LogP contribution in [0.5, 0.6) is 11.5 Å². The van der Waals surface area contributed by atoms with Gasteiger partial charge >= 0.3 is 11.8 Å². The summed E-state index contributed by atoms with van der Waals surface area (Å²) in [5, 5.41) is 6.40. The smallest absolute Gasteiger partial charge is 0.329 e. The van der Waals surface area contributed by atoms with Crippen LogP contribution >= 0.6 is 22.6 Å². The predicted octanol–water partition coefficient (Wildman–Crippen LogP) is 1.44. The van der Waals surface area contributed by atoms with Crippen molar-refractivity contribution in [2.75, 3.05) is 39.5 Å². The molecule has 2 N–H and O–H groups in total. The number of rotatable bonds is 9. The van der Waals surface area contributed by atoms with Crippen molar-refractivity contribution >= 4 is 46.5 Å². The minimum atomic E-state index is -0.857. The number of nitrogens with zero attached hydrogens (tertiary/aromatic N) is 2. The van der Waals surface area contributed by atoms with E-state index in [0.717, 1.165) is 42.3 Å². The molecule has 0 aromatic heterocycles. The van der Waals surface area contributed by atoms with E-state index in [0.29, 0.717) is 36.8 Å². The number of benzene rings is 1. The van der Waals surface area contributed by atoms with Gasteiger partial charge in [-0.3, -0.25) is 14.4 Å². The number of hydrogen-bond acceptors (Lipinski definition) is 7. The molecule has 1 aromatic rings. The second-order valence-corrected chi connectivity index (χ2v) is 8.85. The fraction of sp³-hybridized carbons (Fsp3) is 0.545. The number of nitrogens with one attached hydrogen (secondary N) is 2. The molecule has 0 bridgehead atoms. The predicted molar refractivity (Wildman–Crippen MR) is 129 cm³/mol. The molecule has 33 heavy (non-hydrogen) atoms. The van der Waals surface area contributed by atoms with Crippen LogP contribution in [-0.4, -0.2) is 74.4 Å². The van der Waals surface area contributed by atoms with Crippen LogP contribution < -0.4 is 20.2 Å². The van der Waals surface area contributed by atoms with Crippen molar-refractivity contribution in [1.82, 2.24) is 15.6 Å². The summed E-state index contributed by atoms with van der Waals surface area (Å²) in [6.07, 6.45) is 5.24. The van der Waals surface area contributed by atoms with Crippen LogP contribution in [0.4, 0.5) is 0 Å². The minimum absolute atomic E-state index is 0.0446. The molecular formula is C22H29IN4O6. The minimum Gasteiger partial charge on any atom is -0.490 e. The lowest BCUT2D eigenvalue weighted by Gasteiger charge is -2.18. The van der Waals surface area contributed by atoms with E-state index < -0.39 is 11.8 Å². The molecule has 0 aliphatic carbocycles. The zero-order chi connectivity index (χ0) is 23.6. The van der Waals surface area contributed by atoms with E-state index in [9.17, 15) is 14.4 Å². The van der Waals surface area contributed by atoms with E-state index in [1.807, 2.05) is 6.92 Å². The van der Waals surface area contributed by atoms with Gasteiger partial charge in [-0.1, -0.05) is 0 Å². The number of hydrogen-bond donors (Lipinski definition) is 2. The number of ether oxygens (including phenoxy) is 3. The summed E-state index contributed by atoms with van der Waals surface area (Å²) < 4.78 is 17.6. The molecule has 0 unspecified atom stereocenters. The molecule has 2 saturated heterocycles. The monoisotopic (exact) mass is 572 g/mol. The maximum absolute atomic E-state index is 12.3. The first-order chi connectivity index (χ1) is 16.0. The summed E-state index contributed by atoms with van der Waals surface area (Å²) in [5.41, 5.74) is 2.86. The summed E-state index contributed by atoms with van der Waals surface area (Å²) in [6.45, 7) is 4.72. The van der Waals surface area contributed by atoms with Crippen LogP contribution in [0.1, 0.15) is 38.2 Å². The molecule has 3 rings (SSSR count). The highest BCUT2D eigenvalue weighted by atomic mass is 127. The third kappa shape index (κ3) is 7.56. The van der Waals surface area contributed by atoms with Crippen molar-refractivity contribution in [3.8, 4) is 11.5 Å². The van der Waals surface area contributed by atoms with Gasteiger partial charge in [-0.05, 0) is 72.9 Å². The highest BCUT2D eigenvalue weighted by Gasteiger charge is 2.21. The third-order valence-electron chi connectivity index (χ3n) is 5.23. The standard InChI is InChI=1S/C22H29IN4O6/c1-2-31-18-11-15(10-17(23)20(18)33-14-19(28)27-7-3-4-8-27)12-25-26-22(30)21(29)24-13-16-6-5-9-32-16/h10-12,16H,2-9,13-14H2,1H3,(H,24,29)(H,26,30)/b25-12-/t16-/m1/s1. The summed E-state index contributed by atoms with van der Waals surface area (Å²) >= 11 is 2.10. The second-order valence-electron chi connectivity index (χ2n) is 7.68. The topological polar surface area (TPSA) is 119 Å². The number of amides is 3. The summed E-state index contributed by atoms with van der Waals surface area (Å²) in [6, 6.07) is 3.49. The van der Waals surface area contributed by atoms with Crippen molar-refractivity contribution in [2.24, 2.45) is 5.10 Å². The Morgan fingerprint density at radius 1 is 1.21 bits per heavy atom. The third-order valence-corrected chi connectivity index (χ3v) is 6.03. The fourth-order valence-electron chi connectivity index (χ4n) is 3.57. The van der Waals surface area contributed by atoms with E-state index in [2.05, 4.69) is 38.4 Å². The SMILES string of the molecule is CCOc1cc(/C=N\NC(=O)C(=O)NC[C@H]2CCCO2)cc(I)c1OCC(=O)N1CCCC1. The average molecular weight is 572 g/mol. The molecule has 0 spiro atoms. The number of halogens is 1. The Bertz CT molecular complexity index is 882. The maximum Gasteiger partial charge on any atom is 0.329 e. The maximum atomic E-state index is 12.3. The molecule has 3 amide bonds. The number of carbonyl (C=O) groups is 3. The van der Waals surface area contributed by atoms with Gasteiger partial charge in [0, 0.05) is 26.2 Å². The van der Waals surface area contributed by atoms with Crippen LogP contribution in [0.15, 0.2) is 17.2 Å². The Morgan fingerprint density at radius 3 is 2.70 bits per heavy atom. The van der Waals surface area contributed by atoms with Gasteiger partial charge in [-0.15, -0.1) is 0 Å². The van der Waals surface area contributed by atoms with Gasteiger partial charge in [-0.25, -0.2) is 5.43 Å². The molecular weight excluding hydrogens is 543 g/mol. The number of likely N-dealkylation sites (tertiary alicyclic amines) is 1. The van der Waals surface area contributed by atoms with Gasteiger partial charge in [0.2, 0.25) is 0 Å². The van der Waals surface area contributed by atoms with Gasteiger partial charge < -0.3 is 24.4 Å². The largest absolute Gasteiger partial charge is 0.490 e. The quantitative estimate of drug-likeness (QED) is 0.200. The second kappa shape index (κ2) is 12.7. The molecule has 0 saturated carbocycles. The Kier molecular flexibility index (Phi) is 9.73. The molecule has 2 aliphatic heterocycles. The normalized spacial score (nSPS) is 17.9. The van der Waals surface area contributed by atoms with Crippen LogP contribution in [0.25, 0.3) is 0 Å². The van der Waals surface area contributed by atoms with Gasteiger partial charge in [0.15, 0.2) is 18.1 Å². The van der Waals surface area contributed by atoms with Crippen LogP contribution in [0.2, 0.25) is 0 Å². The van der Waals surface area contributed by atoms with Crippen LogP contribution in [-0.2, 0) is 19.1 Å². The highest BCUT2D eigenvalue weighted by molar-refractivity contribution is 14.1. The Hall–Kier alpha value is -2.41. The van der Waals surface area contributed by atoms with Crippen molar-refractivity contribution in [3.05, 3.63) is 21.3 Å². The lowest BCUT2D eigenvalue weighted by atomic mass is 10.2. The lowest BCUT2D eigenvalue weighted by molar-refractivity contribution is -0.139. The first kappa shape index (κ1) is 25.2. The van der Waals surface area contributed by atoms with E-state index >= 15 is 0 Å². The molecule has 10 nitrogen and oxygen atoms in total. The van der Waals surface area contributed by atoms with E-state index in [-0.39, 0.29) is 18.6 Å². The molecule has 2 aliphatic rings. The summed E-state index contributed by atoms with van der Waals surface area (Å²) in [5.74, 6) is -0.708. The van der Waals surface area contributed by atoms with Gasteiger partial charge in [0.1, 0.15) is 0 Å². The lowest BCUT2D eigenvalue weighted by Crippen LogP contribution is -2.41. The van der Waals surface area contributed by atoms with Crippen LogP contribution in [0.3, 0.4) is 0 Å². The molecule has 2 fully saturated rings. The average Bonchev–Trinajstić information content (AvgIpc) is 3.51. The molecule has 0 radical (unpaired) electrons. The van der Waals surface area contributed by atoms with E-state index in [1.54, 1.807) is 17.0 Å². The summed E-state index contributed by atoms with van der Waals surface area (Å²) in [4.78, 5) is 37.9. The van der Waals surface area contributed by atoms with Crippen molar-refractivity contribution in [2.45, 2.75) is 38.7 Å².